The molecule has 0 saturated carbocycles. The molecule has 5 nitrogen and oxygen atoms in total. The summed E-state index contributed by atoms with van der Waals surface area (Å²) in [7, 11) is 0. The highest BCUT2D eigenvalue weighted by Gasteiger charge is 2.06. The SMILES string of the molecule is O=C(CSc1cccc2cccnc12)N/N=C/c1cc(Br)ccc1O. The number of aromatic nitrogens is 1. The predicted molar refractivity (Wildman–Crippen MR) is 104 cm³/mol. The van der Waals surface area contributed by atoms with Crippen molar-refractivity contribution < 1.29 is 9.90 Å². The second kappa shape index (κ2) is 8.13. The summed E-state index contributed by atoms with van der Waals surface area (Å²) in [4.78, 5) is 17.3. The molecule has 3 rings (SSSR count). The van der Waals surface area contributed by atoms with Gasteiger partial charge < -0.3 is 5.11 Å². The quantitative estimate of drug-likeness (QED) is 0.375. The number of carbonyl (C=O) groups is 1. The monoisotopic (exact) mass is 415 g/mol. The van der Waals surface area contributed by atoms with Crippen LogP contribution in [-0.4, -0.2) is 28.0 Å². The number of hydrazone groups is 1. The van der Waals surface area contributed by atoms with E-state index in [0.717, 1.165) is 20.3 Å². The van der Waals surface area contributed by atoms with E-state index >= 15 is 0 Å². The highest BCUT2D eigenvalue weighted by molar-refractivity contribution is 9.10. The largest absolute Gasteiger partial charge is 0.507 e. The van der Waals surface area contributed by atoms with Crippen LogP contribution in [0.3, 0.4) is 0 Å². The lowest BCUT2D eigenvalue weighted by Gasteiger charge is -2.04. The number of thioether (sulfide) groups is 1. The molecule has 3 aromatic rings. The molecule has 1 heterocycles. The van der Waals surface area contributed by atoms with Crippen LogP contribution in [0.1, 0.15) is 5.56 Å². The molecule has 1 amide bonds. The van der Waals surface area contributed by atoms with E-state index in [9.17, 15) is 9.90 Å². The molecule has 0 spiro atoms. The van der Waals surface area contributed by atoms with Crippen molar-refractivity contribution in [2.45, 2.75) is 4.90 Å². The average molecular weight is 416 g/mol. The molecular formula is C18H14BrN3O2S. The van der Waals surface area contributed by atoms with Crippen LogP contribution in [0.4, 0.5) is 0 Å². The number of carbonyl (C=O) groups excluding carboxylic acids is 1. The molecule has 2 aromatic carbocycles. The number of nitrogens with one attached hydrogen (secondary N) is 1. The number of nitrogens with zero attached hydrogens (tertiary/aromatic N) is 2. The van der Waals surface area contributed by atoms with Crippen LogP contribution in [0, 0.1) is 0 Å². The number of halogens is 1. The van der Waals surface area contributed by atoms with Crippen LogP contribution in [0.2, 0.25) is 0 Å². The second-order valence-electron chi connectivity index (χ2n) is 5.12. The maximum atomic E-state index is 12.0. The summed E-state index contributed by atoms with van der Waals surface area (Å²) in [5.41, 5.74) is 3.85. The summed E-state index contributed by atoms with van der Waals surface area (Å²) >= 11 is 4.72. The lowest BCUT2D eigenvalue weighted by molar-refractivity contribution is -0.118. The number of amides is 1. The number of phenolic OH excluding ortho intramolecular Hbond substituents is 1. The molecule has 1 aromatic heterocycles. The number of fused-ring (bicyclic) bond motifs is 1. The highest BCUT2D eigenvalue weighted by atomic mass is 79.9. The van der Waals surface area contributed by atoms with Crippen molar-refractivity contribution in [3.63, 3.8) is 0 Å². The molecule has 0 fully saturated rings. The number of phenols is 1. The van der Waals surface area contributed by atoms with Crippen molar-refractivity contribution in [2.24, 2.45) is 5.10 Å². The zero-order valence-corrected chi connectivity index (χ0v) is 15.4. The Bertz CT molecular complexity index is 941. The Balaban J connectivity index is 1.59. The van der Waals surface area contributed by atoms with E-state index in [1.807, 2.05) is 30.3 Å². The summed E-state index contributed by atoms with van der Waals surface area (Å²) in [6.45, 7) is 0. The van der Waals surface area contributed by atoms with E-state index in [1.165, 1.54) is 18.0 Å². The van der Waals surface area contributed by atoms with Gasteiger partial charge in [-0.1, -0.05) is 34.1 Å². The molecule has 0 unspecified atom stereocenters. The first-order chi connectivity index (χ1) is 12.1. The number of para-hydroxylation sites is 1. The van der Waals surface area contributed by atoms with Crippen LogP contribution in [0.5, 0.6) is 5.75 Å². The van der Waals surface area contributed by atoms with E-state index in [4.69, 9.17) is 0 Å². The van der Waals surface area contributed by atoms with E-state index in [0.29, 0.717) is 5.56 Å². The lowest BCUT2D eigenvalue weighted by Crippen LogP contribution is -2.19. The fourth-order valence-electron chi connectivity index (χ4n) is 2.17. The molecule has 2 N–H and O–H groups in total. The molecule has 25 heavy (non-hydrogen) atoms. The molecule has 7 heteroatoms. The molecular weight excluding hydrogens is 402 g/mol. The van der Waals surface area contributed by atoms with Crippen LogP contribution in [0.15, 0.2) is 69.2 Å². The highest BCUT2D eigenvalue weighted by Crippen LogP contribution is 2.25. The Morgan fingerprint density at radius 3 is 3.00 bits per heavy atom. The van der Waals surface area contributed by atoms with E-state index < -0.39 is 0 Å². The van der Waals surface area contributed by atoms with Gasteiger partial charge in [-0.3, -0.25) is 9.78 Å². The van der Waals surface area contributed by atoms with Gasteiger partial charge >= 0.3 is 0 Å². The van der Waals surface area contributed by atoms with Crippen molar-refractivity contribution in [2.75, 3.05) is 5.75 Å². The van der Waals surface area contributed by atoms with Gasteiger partial charge in [0, 0.05) is 26.5 Å². The van der Waals surface area contributed by atoms with Crippen molar-refractivity contribution >= 4 is 50.7 Å². The number of rotatable bonds is 5. The summed E-state index contributed by atoms with van der Waals surface area (Å²) in [6.07, 6.45) is 3.14. The van der Waals surface area contributed by atoms with Crippen LogP contribution in [-0.2, 0) is 4.79 Å². The van der Waals surface area contributed by atoms with Gasteiger partial charge in [0.25, 0.3) is 0 Å². The molecule has 126 valence electrons. The molecule has 0 atom stereocenters. The van der Waals surface area contributed by atoms with E-state index in [1.54, 1.807) is 24.4 Å². The zero-order chi connectivity index (χ0) is 17.6. The Kier molecular flexibility index (Phi) is 5.67. The minimum Gasteiger partial charge on any atom is -0.507 e. The minimum atomic E-state index is -0.233. The van der Waals surface area contributed by atoms with Crippen LogP contribution >= 0.6 is 27.7 Å². The van der Waals surface area contributed by atoms with Crippen LogP contribution in [0.25, 0.3) is 10.9 Å². The zero-order valence-electron chi connectivity index (χ0n) is 13.0. The fraction of sp³-hybridized carbons (Fsp3) is 0.0556. The van der Waals surface area contributed by atoms with Crippen molar-refractivity contribution in [3.8, 4) is 5.75 Å². The van der Waals surface area contributed by atoms with Crippen molar-refractivity contribution in [1.82, 2.24) is 10.4 Å². The Morgan fingerprint density at radius 1 is 1.28 bits per heavy atom. The summed E-state index contributed by atoms with van der Waals surface area (Å²) in [5.74, 6) is 0.0818. The predicted octanol–water partition coefficient (Wildman–Crippen LogP) is 3.95. The third-order valence-electron chi connectivity index (χ3n) is 3.34. The fourth-order valence-corrected chi connectivity index (χ4v) is 3.38. The first kappa shape index (κ1) is 17.4. The summed E-state index contributed by atoms with van der Waals surface area (Å²) in [6, 6.07) is 14.7. The average Bonchev–Trinajstić information content (AvgIpc) is 2.63. The van der Waals surface area contributed by atoms with E-state index in [-0.39, 0.29) is 17.4 Å². The standard InChI is InChI=1S/C18H14BrN3O2S/c19-14-6-7-15(23)13(9-14)10-21-22-17(24)11-25-16-5-1-3-12-4-2-8-20-18(12)16/h1-10,23H,11H2,(H,22,24)/b21-10+. The van der Waals surface area contributed by atoms with Gasteiger partial charge in [0.15, 0.2) is 0 Å². The second-order valence-corrected chi connectivity index (χ2v) is 7.05. The molecule has 0 aliphatic rings. The van der Waals surface area contributed by atoms with Gasteiger partial charge in [0.1, 0.15) is 5.75 Å². The third kappa shape index (κ3) is 4.58. The van der Waals surface area contributed by atoms with Gasteiger partial charge in [-0.25, -0.2) is 5.43 Å². The Hall–Kier alpha value is -2.38. The maximum Gasteiger partial charge on any atom is 0.250 e. The molecule has 0 radical (unpaired) electrons. The number of hydrogen-bond acceptors (Lipinski definition) is 5. The van der Waals surface area contributed by atoms with Gasteiger partial charge in [-0.2, -0.15) is 5.10 Å². The number of benzene rings is 2. The van der Waals surface area contributed by atoms with Gasteiger partial charge in [-0.05, 0) is 30.3 Å². The molecule has 0 saturated heterocycles. The van der Waals surface area contributed by atoms with Gasteiger partial charge in [-0.15, -0.1) is 11.8 Å². The number of pyridine rings is 1. The lowest BCUT2D eigenvalue weighted by atomic mass is 10.2. The molecule has 0 aliphatic heterocycles. The normalized spacial score (nSPS) is 11.1. The first-order valence-corrected chi connectivity index (χ1v) is 9.18. The maximum absolute atomic E-state index is 12.0. The Morgan fingerprint density at radius 2 is 2.12 bits per heavy atom. The van der Waals surface area contributed by atoms with Gasteiger partial charge in [0.2, 0.25) is 5.91 Å². The minimum absolute atomic E-state index is 0.0948. The molecule has 0 aliphatic carbocycles. The summed E-state index contributed by atoms with van der Waals surface area (Å²) in [5, 5.41) is 14.6. The van der Waals surface area contributed by atoms with E-state index in [2.05, 4.69) is 31.4 Å². The topological polar surface area (TPSA) is 74.6 Å². The van der Waals surface area contributed by atoms with Crippen molar-refractivity contribution in [1.29, 1.82) is 0 Å². The third-order valence-corrected chi connectivity index (χ3v) is 4.88. The van der Waals surface area contributed by atoms with Crippen molar-refractivity contribution in [3.05, 3.63) is 64.8 Å². The van der Waals surface area contributed by atoms with Crippen LogP contribution < -0.4 is 5.43 Å². The first-order valence-electron chi connectivity index (χ1n) is 7.40. The smallest absolute Gasteiger partial charge is 0.250 e. The summed E-state index contributed by atoms with van der Waals surface area (Å²) < 4.78 is 0.817. The number of aromatic hydroxyl groups is 1. The number of hydrogen-bond donors (Lipinski definition) is 2. The van der Waals surface area contributed by atoms with Gasteiger partial charge in [0.05, 0.1) is 17.5 Å². The molecule has 0 bridgehead atoms. The Labute approximate surface area is 157 Å².